The van der Waals surface area contributed by atoms with E-state index in [9.17, 15) is 13.2 Å². The Morgan fingerprint density at radius 1 is 1.06 bits per heavy atom. The molecule has 2 heterocycles. The van der Waals surface area contributed by atoms with Gasteiger partial charge in [0.2, 0.25) is 10.0 Å². The molecule has 1 aliphatic rings. The Morgan fingerprint density at radius 2 is 1.79 bits per heavy atom. The lowest BCUT2D eigenvalue weighted by molar-refractivity contribution is 0.0698. The summed E-state index contributed by atoms with van der Waals surface area (Å²) >= 11 is 0. The Labute approximate surface area is 199 Å². The molecule has 0 spiro atoms. The van der Waals surface area contributed by atoms with Gasteiger partial charge in [0.05, 0.1) is 11.3 Å². The highest BCUT2D eigenvalue weighted by Gasteiger charge is 2.28. The first kappa shape index (κ1) is 23.7. The van der Waals surface area contributed by atoms with Crippen molar-refractivity contribution >= 4 is 22.0 Å². The van der Waals surface area contributed by atoms with Crippen LogP contribution in [0.1, 0.15) is 32.9 Å². The molecule has 0 saturated carbocycles. The molecule has 9 heteroatoms. The SMILES string of the molecule is Cc1noc(C)c1COc1cccc(C(=O)N2CCN(S(=O)(=O)C=Cc3ccccc3)CC2)c1. The molecule has 0 atom stereocenters. The van der Waals surface area contributed by atoms with Crippen molar-refractivity contribution in [1.29, 1.82) is 0 Å². The smallest absolute Gasteiger partial charge is 0.254 e. The van der Waals surface area contributed by atoms with Crippen LogP contribution in [0.2, 0.25) is 0 Å². The van der Waals surface area contributed by atoms with Gasteiger partial charge in [0, 0.05) is 37.2 Å². The van der Waals surface area contributed by atoms with Crippen LogP contribution in [-0.4, -0.2) is 54.9 Å². The number of aromatic nitrogens is 1. The molecule has 0 N–H and O–H groups in total. The first-order chi connectivity index (χ1) is 16.3. The fourth-order valence-electron chi connectivity index (χ4n) is 3.73. The summed E-state index contributed by atoms with van der Waals surface area (Å²) < 4.78 is 37.8. The number of ether oxygens (including phenoxy) is 1. The molecule has 1 aliphatic heterocycles. The van der Waals surface area contributed by atoms with Crippen LogP contribution in [0.3, 0.4) is 0 Å². The van der Waals surface area contributed by atoms with Crippen LogP contribution in [0, 0.1) is 13.8 Å². The van der Waals surface area contributed by atoms with Crippen molar-refractivity contribution in [1.82, 2.24) is 14.4 Å². The maximum absolute atomic E-state index is 13.0. The van der Waals surface area contributed by atoms with E-state index in [0.717, 1.165) is 16.8 Å². The van der Waals surface area contributed by atoms with Gasteiger partial charge in [-0.3, -0.25) is 4.79 Å². The summed E-state index contributed by atoms with van der Waals surface area (Å²) in [5.74, 6) is 1.12. The van der Waals surface area contributed by atoms with Gasteiger partial charge in [-0.1, -0.05) is 41.6 Å². The van der Waals surface area contributed by atoms with Gasteiger partial charge < -0.3 is 14.2 Å². The summed E-state index contributed by atoms with van der Waals surface area (Å²) in [5, 5.41) is 5.14. The minimum Gasteiger partial charge on any atom is -0.489 e. The molecule has 34 heavy (non-hydrogen) atoms. The topological polar surface area (TPSA) is 93.0 Å². The average Bonchev–Trinajstić information content (AvgIpc) is 3.19. The number of hydrogen-bond donors (Lipinski definition) is 0. The fraction of sp³-hybridized carbons (Fsp3) is 0.280. The minimum absolute atomic E-state index is 0.153. The van der Waals surface area contributed by atoms with Crippen LogP contribution in [0.25, 0.3) is 6.08 Å². The first-order valence-electron chi connectivity index (χ1n) is 11.0. The second-order valence-corrected chi connectivity index (χ2v) is 9.89. The number of benzene rings is 2. The summed E-state index contributed by atoms with van der Waals surface area (Å²) in [4.78, 5) is 14.7. The minimum atomic E-state index is -3.56. The van der Waals surface area contributed by atoms with Crippen LogP contribution < -0.4 is 4.74 Å². The molecule has 0 radical (unpaired) electrons. The zero-order chi connectivity index (χ0) is 24.1. The Bertz CT molecular complexity index is 1260. The van der Waals surface area contributed by atoms with E-state index < -0.39 is 10.0 Å². The quantitative estimate of drug-likeness (QED) is 0.512. The summed E-state index contributed by atoms with van der Waals surface area (Å²) in [6.45, 7) is 5.11. The lowest BCUT2D eigenvalue weighted by Gasteiger charge is -2.33. The van der Waals surface area contributed by atoms with E-state index in [0.29, 0.717) is 36.8 Å². The molecule has 1 amide bonds. The number of rotatable bonds is 7. The lowest BCUT2D eigenvalue weighted by atomic mass is 10.1. The molecule has 3 aromatic rings. The zero-order valence-electron chi connectivity index (χ0n) is 19.2. The van der Waals surface area contributed by atoms with E-state index >= 15 is 0 Å². The van der Waals surface area contributed by atoms with Gasteiger partial charge in [-0.25, -0.2) is 8.42 Å². The maximum atomic E-state index is 13.0. The van der Waals surface area contributed by atoms with Gasteiger partial charge in [-0.15, -0.1) is 0 Å². The molecule has 1 saturated heterocycles. The summed E-state index contributed by atoms with van der Waals surface area (Å²) in [6.07, 6.45) is 1.58. The largest absolute Gasteiger partial charge is 0.489 e. The monoisotopic (exact) mass is 481 g/mol. The Balaban J connectivity index is 1.35. The molecular weight excluding hydrogens is 454 g/mol. The summed E-state index contributed by atoms with van der Waals surface area (Å²) in [7, 11) is -3.56. The Kier molecular flexibility index (Phi) is 7.14. The number of nitrogens with zero attached hydrogens (tertiary/aromatic N) is 3. The van der Waals surface area contributed by atoms with Gasteiger partial charge >= 0.3 is 0 Å². The van der Waals surface area contributed by atoms with Crippen LogP contribution in [-0.2, 0) is 16.6 Å². The van der Waals surface area contributed by atoms with E-state index in [1.165, 1.54) is 9.71 Å². The van der Waals surface area contributed by atoms with Crippen molar-refractivity contribution in [2.45, 2.75) is 20.5 Å². The molecule has 0 aliphatic carbocycles. The van der Waals surface area contributed by atoms with Gasteiger partial charge in [-0.05, 0) is 43.7 Å². The van der Waals surface area contributed by atoms with E-state index in [2.05, 4.69) is 5.16 Å². The predicted molar refractivity (Wildman–Crippen MR) is 129 cm³/mol. The molecule has 178 valence electrons. The van der Waals surface area contributed by atoms with Gasteiger partial charge in [0.25, 0.3) is 5.91 Å². The Hall–Kier alpha value is -3.43. The predicted octanol–water partition coefficient (Wildman–Crippen LogP) is 3.63. The second-order valence-electron chi connectivity index (χ2n) is 8.07. The number of hydrogen-bond acceptors (Lipinski definition) is 6. The van der Waals surface area contributed by atoms with Crippen LogP contribution in [0.4, 0.5) is 0 Å². The van der Waals surface area contributed by atoms with E-state index in [1.807, 2.05) is 44.2 Å². The van der Waals surface area contributed by atoms with Crippen molar-refractivity contribution in [3.8, 4) is 5.75 Å². The first-order valence-corrected chi connectivity index (χ1v) is 12.5. The molecule has 4 rings (SSSR count). The molecule has 1 fully saturated rings. The van der Waals surface area contributed by atoms with Crippen molar-refractivity contribution in [2.24, 2.45) is 0 Å². The third kappa shape index (κ3) is 5.55. The van der Waals surface area contributed by atoms with Gasteiger partial charge in [-0.2, -0.15) is 4.31 Å². The normalized spacial score (nSPS) is 15.1. The van der Waals surface area contributed by atoms with E-state index in [4.69, 9.17) is 9.26 Å². The lowest BCUT2D eigenvalue weighted by Crippen LogP contribution is -2.50. The van der Waals surface area contributed by atoms with Crippen molar-refractivity contribution in [2.75, 3.05) is 26.2 Å². The van der Waals surface area contributed by atoms with Crippen LogP contribution >= 0.6 is 0 Å². The summed E-state index contributed by atoms with van der Waals surface area (Å²) in [6, 6.07) is 16.3. The average molecular weight is 482 g/mol. The van der Waals surface area contributed by atoms with Gasteiger partial charge in [0.1, 0.15) is 18.1 Å². The number of amides is 1. The number of carbonyl (C=O) groups is 1. The highest BCUT2D eigenvalue weighted by molar-refractivity contribution is 7.92. The van der Waals surface area contributed by atoms with Crippen molar-refractivity contribution in [3.05, 3.63) is 88.1 Å². The zero-order valence-corrected chi connectivity index (χ0v) is 20.0. The molecule has 0 unspecified atom stereocenters. The van der Waals surface area contributed by atoms with E-state index in [1.54, 1.807) is 35.2 Å². The fourth-order valence-corrected chi connectivity index (χ4v) is 4.90. The van der Waals surface area contributed by atoms with Crippen LogP contribution in [0.5, 0.6) is 5.75 Å². The molecule has 0 bridgehead atoms. The van der Waals surface area contributed by atoms with Crippen molar-refractivity contribution < 1.29 is 22.5 Å². The third-order valence-corrected chi connectivity index (χ3v) is 7.33. The van der Waals surface area contributed by atoms with Crippen LogP contribution in [0.15, 0.2) is 64.5 Å². The third-order valence-electron chi connectivity index (χ3n) is 5.76. The highest BCUT2D eigenvalue weighted by Crippen LogP contribution is 2.20. The number of sulfonamides is 1. The maximum Gasteiger partial charge on any atom is 0.254 e. The highest BCUT2D eigenvalue weighted by atomic mass is 32.2. The van der Waals surface area contributed by atoms with Gasteiger partial charge in [0.15, 0.2) is 0 Å². The second kappa shape index (κ2) is 10.2. The number of carbonyl (C=O) groups excluding carboxylic acids is 1. The molecule has 8 nitrogen and oxygen atoms in total. The number of piperazine rings is 1. The van der Waals surface area contributed by atoms with Crippen molar-refractivity contribution in [3.63, 3.8) is 0 Å². The summed E-state index contributed by atoms with van der Waals surface area (Å²) in [5.41, 5.74) is 2.97. The number of aryl methyl sites for hydroxylation is 2. The van der Waals surface area contributed by atoms with E-state index in [-0.39, 0.29) is 19.0 Å². The molecule has 1 aromatic heterocycles. The molecular formula is C25H27N3O5S. The molecule has 2 aromatic carbocycles. The Morgan fingerprint density at radius 3 is 2.47 bits per heavy atom. The standard InChI is InChI=1S/C25H27N3O5S/c1-19-24(20(2)33-26-19)18-32-23-10-6-9-22(17-23)25(29)27-12-14-28(15-13-27)34(30,31)16-11-21-7-4-3-5-8-21/h3-11,16-17H,12-15,18H2,1-2H3.